The Morgan fingerprint density at radius 2 is 1.87 bits per heavy atom. The Morgan fingerprint density at radius 1 is 1.19 bits per heavy atom. The smallest absolute Gasteiger partial charge is 0.416 e. The Labute approximate surface area is 179 Å². The molecule has 168 valence electrons. The predicted octanol–water partition coefficient (Wildman–Crippen LogP) is 4.24. The lowest BCUT2D eigenvalue weighted by Gasteiger charge is -2.33. The van der Waals surface area contributed by atoms with Gasteiger partial charge in [0.1, 0.15) is 11.4 Å². The van der Waals surface area contributed by atoms with Crippen LogP contribution in [0, 0.1) is 5.92 Å². The van der Waals surface area contributed by atoms with Crippen LogP contribution >= 0.6 is 0 Å². The molecule has 1 atom stereocenters. The van der Waals surface area contributed by atoms with Crippen LogP contribution in [0.1, 0.15) is 42.7 Å². The molecule has 1 aliphatic heterocycles. The van der Waals surface area contributed by atoms with Crippen molar-refractivity contribution in [3.8, 4) is 11.5 Å². The van der Waals surface area contributed by atoms with Gasteiger partial charge in [0, 0.05) is 13.1 Å². The van der Waals surface area contributed by atoms with Crippen LogP contribution in [-0.2, 0) is 6.18 Å². The molecular formula is C22H26F3N3O3. The number of aliphatic hydroxyl groups is 1. The van der Waals surface area contributed by atoms with Crippen molar-refractivity contribution in [3.05, 3.63) is 47.7 Å². The number of rotatable bonds is 8. The number of hydrogen-bond donors (Lipinski definition) is 2. The fourth-order valence-corrected chi connectivity index (χ4v) is 3.24. The quantitative estimate of drug-likeness (QED) is 0.646. The summed E-state index contributed by atoms with van der Waals surface area (Å²) in [4.78, 5) is 19.0. The van der Waals surface area contributed by atoms with Gasteiger partial charge in [-0.15, -0.1) is 0 Å². The lowest BCUT2D eigenvalue weighted by atomic mass is 10.0. The van der Waals surface area contributed by atoms with E-state index in [1.165, 1.54) is 18.2 Å². The summed E-state index contributed by atoms with van der Waals surface area (Å²) >= 11 is 0. The third-order valence-corrected chi connectivity index (χ3v) is 4.95. The van der Waals surface area contributed by atoms with E-state index in [4.69, 9.17) is 4.74 Å². The van der Waals surface area contributed by atoms with Crippen LogP contribution in [0.25, 0.3) is 0 Å². The number of ether oxygens (including phenoxy) is 1. The molecule has 1 fully saturated rings. The molecule has 31 heavy (non-hydrogen) atoms. The first-order chi connectivity index (χ1) is 14.7. The van der Waals surface area contributed by atoms with E-state index in [0.717, 1.165) is 31.6 Å². The lowest BCUT2D eigenvalue weighted by molar-refractivity contribution is -0.137. The average molecular weight is 437 g/mol. The van der Waals surface area contributed by atoms with Crippen LogP contribution in [-0.4, -0.2) is 41.7 Å². The topological polar surface area (TPSA) is 74.7 Å². The summed E-state index contributed by atoms with van der Waals surface area (Å²) in [7, 11) is 0. The van der Waals surface area contributed by atoms with Crippen LogP contribution in [0.3, 0.4) is 0 Å². The first kappa shape index (κ1) is 22.9. The number of nitrogens with one attached hydrogen (secondary N) is 1. The number of aromatic nitrogens is 1. The van der Waals surface area contributed by atoms with Gasteiger partial charge in [0.15, 0.2) is 11.6 Å². The lowest BCUT2D eigenvalue weighted by Crippen LogP contribution is -2.40. The zero-order valence-electron chi connectivity index (χ0n) is 17.4. The molecule has 1 amide bonds. The van der Waals surface area contributed by atoms with E-state index in [1.54, 1.807) is 6.07 Å². The van der Waals surface area contributed by atoms with Gasteiger partial charge in [0.25, 0.3) is 5.91 Å². The molecule has 2 aromatic rings. The number of carbonyl (C=O) groups excluding carboxylic acids is 1. The SMILES string of the molecule is CC(C)C[C@H](CO)NC(=O)c1ccc(Oc2ccc(C(F)(F)F)cc2)c(N2CCC2)n1. The monoisotopic (exact) mass is 437 g/mol. The van der Waals surface area contributed by atoms with Crippen LogP contribution in [0.5, 0.6) is 11.5 Å². The molecule has 0 bridgehead atoms. The predicted molar refractivity (Wildman–Crippen MR) is 110 cm³/mol. The Morgan fingerprint density at radius 3 is 2.39 bits per heavy atom. The molecule has 1 aromatic carbocycles. The number of amides is 1. The number of alkyl halides is 3. The number of pyridine rings is 1. The summed E-state index contributed by atoms with van der Waals surface area (Å²) in [5, 5.41) is 12.3. The molecule has 0 saturated carbocycles. The number of aliphatic hydroxyl groups excluding tert-OH is 1. The van der Waals surface area contributed by atoms with Gasteiger partial charge >= 0.3 is 6.18 Å². The molecule has 2 N–H and O–H groups in total. The molecule has 1 saturated heterocycles. The highest BCUT2D eigenvalue weighted by Gasteiger charge is 2.30. The summed E-state index contributed by atoms with van der Waals surface area (Å²) < 4.78 is 44.1. The van der Waals surface area contributed by atoms with Gasteiger partial charge in [0.2, 0.25) is 0 Å². The standard InChI is InChI=1S/C22H26F3N3O3/c1-14(2)12-16(13-29)26-21(30)18-8-9-19(20(27-18)28-10-3-11-28)31-17-6-4-15(5-7-17)22(23,24)25/h4-9,14,16,29H,3,10-13H2,1-2H3,(H,26,30)/t16-/m1/s1. The van der Waals surface area contributed by atoms with Gasteiger partial charge in [-0.2, -0.15) is 13.2 Å². The Balaban J connectivity index is 1.79. The number of benzene rings is 1. The number of hydrogen-bond acceptors (Lipinski definition) is 5. The van der Waals surface area contributed by atoms with Crippen molar-refractivity contribution in [1.82, 2.24) is 10.3 Å². The second-order valence-electron chi connectivity index (χ2n) is 7.97. The fraction of sp³-hybridized carbons (Fsp3) is 0.455. The van der Waals surface area contributed by atoms with E-state index in [0.29, 0.717) is 23.9 Å². The molecule has 0 radical (unpaired) electrons. The number of halogens is 3. The van der Waals surface area contributed by atoms with Gasteiger partial charge in [-0.3, -0.25) is 4.79 Å². The maximum absolute atomic E-state index is 12.8. The highest BCUT2D eigenvalue weighted by Crippen LogP contribution is 2.35. The maximum atomic E-state index is 12.8. The summed E-state index contributed by atoms with van der Waals surface area (Å²) in [6.07, 6.45) is -2.81. The molecule has 0 aliphatic carbocycles. The van der Waals surface area contributed by atoms with Gasteiger partial charge in [0.05, 0.1) is 18.2 Å². The number of carbonyl (C=O) groups is 1. The van der Waals surface area contributed by atoms with E-state index in [-0.39, 0.29) is 24.1 Å². The summed E-state index contributed by atoms with van der Waals surface area (Å²) in [6, 6.07) is 7.13. The molecule has 0 spiro atoms. The van der Waals surface area contributed by atoms with Crippen molar-refractivity contribution in [1.29, 1.82) is 0 Å². The Bertz CT molecular complexity index is 897. The minimum Gasteiger partial charge on any atom is -0.453 e. The van der Waals surface area contributed by atoms with Crippen molar-refractivity contribution in [2.24, 2.45) is 5.92 Å². The van der Waals surface area contributed by atoms with Crippen LogP contribution in [0.2, 0.25) is 0 Å². The second-order valence-corrected chi connectivity index (χ2v) is 7.97. The minimum atomic E-state index is -4.42. The highest BCUT2D eigenvalue weighted by atomic mass is 19.4. The summed E-state index contributed by atoms with van der Waals surface area (Å²) in [6.45, 7) is 5.32. The van der Waals surface area contributed by atoms with Crippen molar-refractivity contribution in [2.45, 2.75) is 38.9 Å². The molecule has 2 heterocycles. The molecule has 1 aromatic heterocycles. The van der Waals surface area contributed by atoms with E-state index < -0.39 is 17.6 Å². The highest BCUT2D eigenvalue weighted by molar-refractivity contribution is 5.93. The third kappa shape index (κ3) is 5.88. The zero-order valence-corrected chi connectivity index (χ0v) is 17.4. The van der Waals surface area contributed by atoms with E-state index >= 15 is 0 Å². The van der Waals surface area contributed by atoms with Crippen molar-refractivity contribution < 1.29 is 27.8 Å². The van der Waals surface area contributed by atoms with Crippen LogP contribution in [0.15, 0.2) is 36.4 Å². The molecule has 6 nitrogen and oxygen atoms in total. The molecule has 1 aliphatic rings. The first-order valence-electron chi connectivity index (χ1n) is 10.2. The van der Waals surface area contributed by atoms with Crippen LogP contribution in [0.4, 0.5) is 19.0 Å². The average Bonchev–Trinajstić information content (AvgIpc) is 2.66. The van der Waals surface area contributed by atoms with Gasteiger partial charge in [-0.25, -0.2) is 4.98 Å². The Hall–Kier alpha value is -2.81. The largest absolute Gasteiger partial charge is 0.453 e. The van der Waals surface area contributed by atoms with Crippen molar-refractivity contribution in [2.75, 3.05) is 24.6 Å². The van der Waals surface area contributed by atoms with Crippen LogP contribution < -0.4 is 15.0 Å². The molecule has 3 rings (SSSR count). The van der Waals surface area contributed by atoms with Crippen molar-refractivity contribution >= 4 is 11.7 Å². The summed E-state index contributed by atoms with van der Waals surface area (Å²) in [5.74, 6) is 0.968. The number of nitrogens with zero attached hydrogens (tertiary/aromatic N) is 2. The second kappa shape index (κ2) is 9.55. The first-order valence-corrected chi connectivity index (χ1v) is 10.2. The van der Waals surface area contributed by atoms with Crippen molar-refractivity contribution in [3.63, 3.8) is 0 Å². The zero-order chi connectivity index (χ0) is 22.6. The van der Waals surface area contributed by atoms with E-state index in [1.807, 2.05) is 18.7 Å². The normalized spacial score (nSPS) is 14.9. The molecule has 0 unspecified atom stereocenters. The van der Waals surface area contributed by atoms with Gasteiger partial charge < -0.3 is 20.1 Å². The summed E-state index contributed by atoms with van der Waals surface area (Å²) in [5.41, 5.74) is -0.573. The Kier molecular flexibility index (Phi) is 7.04. The van der Waals surface area contributed by atoms with Gasteiger partial charge in [-0.05, 0) is 55.2 Å². The van der Waals surface area contributed by atoms with Gasteiger partial charge in [-0.1, -0.05) is 13.8 Å². The molecular weight excluding hydrogens is 411 g/mol. The maximum Gasteiger partial charge on any atom is 0.416 e. The third-order valence-electron chi connectivity index (χ3n) is 4.95. The van der Waals surface area contributed by atoms with E-state index in [9.17, 15) is 23.1 Å². The number of anilines is 1. The minimum absolute atomic E-state index is 0.169. The van der Waals surface area contributed by atoms with E-state index in [2.05, 4.69) is 10.3 Å². The fourth-order valence-electron chi connectivity index (χ4n) is 3.24. The molecule has 9 heteroatoms.